The first-order chi connectivity index (χ1) is 9.92. The standard InChI is InChI=1S/C18H22N2/c1-3-7-17(8-4-1)19-15-16-9-11-18(12-10-16)20-13-5-2-6-14-20/h1,3-4,7-12,19H,2,5-6,13-15H2. The molecule has 0 aliphatic carbocycles. The van der Waals surface area contributed by atoms with Crippen LogP contribution >= 0.6 is 0 Å². The SMILES string of the molecule is c1ccc(NCc2ccc(N3CCCCC3)cc2)cc1. The largest absolute Gasteiger partial charge is 0.381 e. The Hall–Kier alpha value is -1.96. The van der Waals surface area contributed by atoms with E-state index in [0.29, 0.717) is 0 Å². The monoisotopic (exact) mass is 266 g/mol. The third-order valence-corrected chi connectivity index (χ3v) is 3.93. The van der Waals surface area contributed by atoms with E-state index in [1.807, 2.05) is 6.07 Å². The van der Waals surface area contributed by atoms with Gasteiger partial charge < -0.3 is 10.2 Å². The topological polar surface area (TPSA) is 15.3 Å². The van der Waals surface area contributed by atoms with Gasteiger partial charge in [0.2, 0.25) is 0 Å². The highest BCUT2D eigenvalue weighted by Crippen LogP contribution is 2.20. The minimum Gasteiger partial charge on any atom is -0.381 e. The molecule has 2 nitrogen and oxygen atoms in total. The molecule has 0 unspecified atom stereocenters. The molecule has 1 fully saturated rings. The summed E-state index contributed by atoms with van der Waals surface area (Å²) < 4.78 is 0. The summed E-state index contributed by atoms with van der Waals surface area (Å²) in [6, 6.07) is 19.3. The van der Waals surface area contributed by atoms with E-state index < -0.39 is 0 Å². The van der Waals surface area contributed by atoms with Crippen molar-refractivity contribution in [2.75, 3.05) is 23.3 Å². The van der Waals surface area contributed by atoms with Crippen LogP contribution in [0.4, 0.5) is 11.4 Å². The number of hydrogen-bond acceptors (Lipinski definition) is 2. The van der Waals surface area contributed by atoms with Crippen molar-refractivity contribution in [2.24, 2.45) is 0 Å². The molecule has 1 aliphatic heterocycles. The number of nitrogens with zero attached hydrogens (tertiary/aromatic N) is 1. The quantitative estimate of drug-likeness (QED) is 0.888. The average molecular weight is 266 g/mol. The lowest BCUT2D eigenvalue weighted by atomic mass is 10.1. The van der Waals surface area contributed by atoms with Crippen molar-refractivity contribution >= 4 is 11.4 Å². The van der Waals surface area contributed by atoms with Gasteiger partial charge in [-0.1, -0.05) is 30.3 Å². The lowest BCUT2D eigenvalue weighted by Gasteiger charge is -2.28. The molecule has 1 N–H and O–H groups in total. The molecular weight excluding hydrogens is 244 g/mol. The average Bonchev–Trinajstić information content (AvgIpc) is 2.55. The van der Waals surface area contributed by atoms with Gasteiger partial charge in [0.05, 0.1) is 0 Å². The maximum Gasteiger partial charge on any atom is 0.0400 e. The van der Waals surface area contributed by atoms with Crippen LogP contribution in [0.2, 0.25) is 0 Å². The van der Waals surface area contributed by atoms with Crippen LogP contribution in [0.25, 0.3) is 0 Å². The Kier molecular flexibility index (Phi) is 4.22. The van der Waals surface area contributed by atoms with Crippen LogP contribution in [0.5, 0.6) is 0 Å². The Morgan fingerprint density at radius 3 is 2.20 bits per heavy atom. The molecule has 1 aliphatic rings. The van der Waals surface area contributed by atoms with Gasteiger partial charge in [-0.05, 0) is 49.1 Å². The molecular formula is C18H22N2. The third kappa shape index (κ3) is 3.32. The predicted octanol–water partition coefficient (Wildman–Crippen LogP) is 4.29. The third-order valence-electron chi connectivity index (χ3n) is 3.93. The zero-order chi connectivity index (χ0) is 13.6. The van der Waals surface area contributed by atoms with Crippen molar-refractivity contribution < 1.29 is 0 Å². The number of para-hydroxylation sites is 1. The van der Waals surface area contributed by atoms with Gasteiger partial charge in [0.1, 0.15) is 0 Å². The summed E-state index contributed by atoms with van der Waals surface area (Å²) in [5.74, 6) is 0. The van der Waals surface area contributed by atoms with Gasteiger partial charge in [-0.2, -0.15) is 0 Å². The van der Waals surface area contributed by atoms with E-state index in [0.717, 1.165) is 6.54 Å². The summed E-state index contributed by atoms with van der Waals surface area (Å²) in [5, 5.41) is 3.45. The molecule has 2 aromatic rings. The highest BCUT2D eigenvalue weighted by atomic mass is 15.1. The maximum absolute atomic E-state index is 3.45. The summed E-state index contributed by atoms with van der Waals surface area (Å²) in [4.78, 5) is 2.50. The Bertz CT molecular complexity index is 513. The van der Waals surface area contributed by atoms with E-state index >= 15 is 0 Å². The summed E-state index contributed by atoms with van der Waals surface area (Å²) in [6.45, 7) is 3.30. The second-order valence-electron chi connectivity index (χ2n) is 5.43. The number of benzene rings is 2. The van der Waals surface area contributed by atoms with E-state index in [-0.39, 0.29) is 0 Å². The highest BCUT2D eigenvalue weighted by molar-refractivity contribution is 5.49. The van der Waals surface area contributed by atoms with Crippen LogP contribution < -0.4 is 10.2 Å². The predicted molar refractivity (Wildman–Crippen MR) is 86.3 cm³/mol. The van der Waals surface area contributed by atoms with Gasteiger partial charge in [0, 0.05) is 31.0 Å². The molecule has 0 atom stereocenters. The summed E-state index contributed by atoms with van der Waals surface area (Å²) in [5.41, 5.74) is 3.87. The summed E-state index contributed by atoms with van der Waals surface area (Å²) >= 11 is 0. The Labute approximate surface area is 121 Å². The van der Waals surface area contributed by atoms with E-state index in [1.54, 1.807) is 0 Å². The van der Waals surface area contributed by atoms with Crippen LogP contribution in [0.1, 0.15) is 24.8 Å². The second-order valence-corrected chi connectivity index (χ2v) is 5.43. The number of piperidine rings is 1. The van der Waals surface area contributed by atoms with Gasteiger partial charge in [-0.15, -0.1) is 0 Å². The van der Waals surface area contributed by atoms with Crippen molar-refractivity contribution in [2.45, 2.75) is 25.8 Å². The first-order valence-corrected chi connectivity index (χ1v) is 7.55. The van der Waals surface area contributed by atoms with Crippen LogP contribution in [-0.4, -0.2) is 13.1 Å². The van der Waals surface area contributed by atoms with Crippen molar-refractivity contribution in [1.82, 2.24) is 0 Å². The second kappa shape index (κ2) is 6.47. The fourth-order valence-corrected chi connectivity index (χ4v) is 2.74. The highest BCUT2D eigenvalue weighted by Gasteiger charge is 2.10. The van der Waals surface area contributed by atoms with E-state index in [2.05, 4.69) is 58.7 Å². The molecule has 20 heavy (non-hydrogen) atoms. The van der Waals surface area contributed by atoms with Crippen LogP contribution in [0, 0.1) is 0 Å². The van der Waals surface area contributed by atoms with Crippen LogP contribution in [0.15, 0.2) is 54.6 Å². The molecule has 1 heterocycles. The normalized spacial score (nSPS) is 15.1. The molecule has 0 aromatic heterocycles. The van der Waals surface area contributed by atoms with E-state index in [4.69, 9.17) is 0 Å². The number of rotatable bonds is 4. The number of nitrogens with one attached hydrogen (secondary N) is 1. The van der Waals surface area contributed by atoms with Crippen LogP contribution in [0.3, 0.4) is 0 Å². The fraction of sp³-hybridized carbons (Fsp3) is 0.333. The van der Waals surface area contributed by atoms with Gasteiger partial charge in [0.25, 0.3) is 0 Å². The van der Waals surface area contributed by atoms with Crippen molar-refractivity contribution in [3.63, 3.8) is 0 Å². The molecule has 2 aromatic carbocycles. The maximum atomic E-state index is 3.45. The Morgan fingerprint density at radius 1 is 0.800 bits per heavy atom. The number of hydrogen-bond donors (Lipinski definition) is 1. The molecule has 3 rings (SSSR count). The zero-order valence-electron chi connectivity index (χ0n) is 11.9. The van der Waals surface area contributed by atoms with Crippen molar-refractivity contribution in [1.29, 1.82) is 0 Å². The van der Waals surface area contributed by atoms with Gasteiger partial charge in [0.15, 0.2) is 0 Å². The van der Waals surface area contributed by atoms with Gasteiger partial charge >= 0.3 is 0 Å². The first-order valence-electron chi connectivity index (χ1n) is 7.55. The molecule has 0 spiro atoms. The zero-order valence-corrected chi connectivity index (χ0v) is 11.9. The van der Waals surface area contributed by atoms with Crippen molar-refractivity contribution in [3.8, 4) is 0 Å². The van der Waals surface area contributed by atoms with E-state index in [1.165, 1.54) is 49.3 Å². The van der Waals surface area contributed by atoms with Crippen LogP contribution in [-0.2, 0) is 6.54 Å². The lowest BCUT2D eigenvalue weighted by Crippen LogP contribution is -2.29. The molecule has 1 saturated heterocycles. The summed E-state index contributed by atoms with van der Waals surface area (Å²) in [7, 11) is 0. The molecule has 0 saturated carbocycles. The van der Waals surface area contributed by atoms with Gasteiger partial charge in [-0.25, -0.2) is 0 Å². The van der Waals surface area contributed by atoms with Crippen molar-refractivity contribution in [3.05, 3.63) is 60.2 Å². The minimum atomic E-state index is 0.879. The number of anilines is 2. The first kappa shape index (κ1) is 13.0. The smallest absolute Gasteiger partial charge is 0.0400 e. The Morgan fingerprint density at radius 2 is 1.50 bits per heavy atom. The molecule has 2 heteroatoms. The van der Waals surface area contributed by atoms with E-state index in [9.17, 15) is 0 Å². The van der Waals surface area contributed by atoms with Gasteiger partial charge in [-0.3, -0.25) is 0 Å². The molecule has 0 radical (unpaired) electrons. The Balaban J connectivity index is 1.58. The molecule has 0 bridgehead atoms. The lowest BCUT2D eigenvalue weighted by molar-refractivity contribution is 0.578. The fourth-order valence-electron chi connectivity index (χ4n) is 2.74. The summed E-state index contributed by atoms with van der Waals surface area (Å²) in [6.07, 6.45) is 4.05. The molecule has 0 amide bonds. The molecule has 104 valence electrons. The minimum absolute atomic E-state index is 0.879.